The first-order chi connectivity index (χ1) is 8.06. The minimum absolute atomic E-state index is 0.0720. The van der Waals surface area contributed by atoms with Crippen molar-refractivity contribution in [3.8, 4) is 0 Å². The predicted molar refractivity (Wildman–Crippen MR) is 68.5 cm³/mol. The number of hydrogen-bond donors (Lipinski definition) is 2. The van der Waals surface area contributed by atoms with Gasteiger partial charge in [-0.15, -0.1) is 0 Å². The molecule has 1 aliphatic heterocycles. The van der Waals surface area contributed by atoms with E-state index < -0.39 is 0 Å². The van der Waals surface area contributed by atoms with Crippen molar-refractivity contribution in [2.45, 2.75) is 39.7 Å². The number of rotatable bonds is 5. The van der Waals surface area contributed by atoms with Gasteiger partial charge in [-0.25, -0.2) is 0 Å². The minimum atomic E-state index is -0.0720. The van der Waals surface area contributed by atoms with Gasteiger partial charge in [0.1, 0.15) is 0 Å². The number of ether oxygens (including phenoxy) is 1. The Morgan fingerprint density at radius 2 is 1.94 bits per heavy atom. The van der Waals surface area contributed by atoms with Crippen molar-refractivity contribution >= 4 is 5.91 Å². The molecule has 0 aromatic rings. The van der Waals surface area contributed by atoms with Gasteiger partial charge in [-0.3, -0.25) is 4.79 Å². The molecular formula is C13H26N2O2. The van der Waals surface area contributed by atoms with Crippen LogP contribution in [0.25, 0.3) is 0 Å². The summed E-state index contributed by atoms with van der Waals surface area (Å²) in [5.74, 6) is 0.860. The molecule has 0 aromatic heterocycles. The molecule has 0 radical (unpaired) electrons. The van der Waals surface area contributed by atoms with Crippen LogP contribution >= 0.6 is 0 Å². The Morgan fingerprint density at radius 3 is 2.41 bits per heavy atom. The van der Waals surface area contributed by atoms with E-state index >= 15 is 0 Å². The zero-order chi connectivity index (χ0) is 12.8. The number of nitrogens with two attached hydrogens (primary N) is 1. The first-order valence-corrected chi connectivity index (χ1v) is 6.64. The molecule has 1 rings (SSSR count). The third kappa shape index (κ3) is 4.28. The Morgan fingerprint density at radius 1 is 1.35 bits per heavy atom. The van der Waals surface area contributed by atoms with Crippen molar-refractivity contribution in [2.24, 2.45) is 23.5 Å². The molecule has 100 valence electrons. The Labute approximate surface area is 104 Å². The van der Waals surface area contributed by atoms with E-state index in [4.69, 9.17) is 10.5 Å². The van der Waals surface area contributed by atoms with Crippen molar-refractivity contribution in [3.63, 3.8) is 0 Å². The Kier molecular flexibility index (Phi) is 5.92. The molecular weight excluding hydrogens is 216 g/mol. The first-order valence-electron chi connectivity index (χ1n) is 6.64. The van der Waals surface area contributed by atoms with E-state index in [-0.39, 0.29) is 17.9 Å². The summed E-state index contributed by atoms with van der Waals surface area (Å²) >= 11 is 0. The third-order valence-corrected chi connectivity index (χ3v) is 3.74. The molecule has 0 aromatic carbocycles. The Hall–Kier alpha value is -0.610. The van der Waals surface area contributed by atoms with E-state index in [1.54, 1.807) is 0 Å². The lowest BCUT2D eigenvalue weighted by Crippen LogP contribution is -2.45. The fourth-order valence-corrected chi connectivity index (χ4v) is 2.35. The molecule has 1 saturated heterocycles. The van der Waals surface area contributed by atoms with Crippen molar-refractivity contribution < 1.29 is 9.53 Å². The second kappa shape index (κ2) is 6.97. The van der Waals surface area contributed by atoms with Crippen molar-refractivity contribution in [3.05, 3.63) is 0 Å². The summed E-state index contributed by atoms with van der Waals surface area (Å²) in [4.78, 5) is 12.0. The van der Waals surface area contributed by atoms with Crippen molar-refractivity contribution in [1.82, 2.24) is 5.32 Å². The number of carbonyl (C=O) groups excluding carboxylic acids is 1. The summed E-state index contributed by atoms with van der Waals surface area (Å²) in [6.45, 7) is 8.21. The summed E-state index contributed by atoms with van der Waals surface area (Å²) < 4.78 is 5.33. The van der Waals surface area contributed by atoms with Gasteiger partial charge in [0.05, 0.1) is 5.92 Å². The molecule has 1 aliphatic rings. The Bertz CT molecular complexity index is 238. The lowest BCUT2D eigenvalue weighted by atomic mass is 9.90. The van der Waals surface area contributed by atoms with Crippen LogP contribution in [0, 0.1) is 17.8 Å². The molecule has 4 heteroatoms. The van der Waals surface area contributed by atoms with Gasteiger partial charge in [0.25, 0.3) is 0 Å². The minimum Gasteiger partial charge on any atom is -0.381 e. The van der Waals surface area contributed by atoms with Crippen LogP contribution in [0.15, 0.2) is 0 Å². The van der Waals surface area contributed by atoms with Gasteiger partial charge in [0.2, 0.25) is 5.91 Å². The van der Waals surface area contributed by atoms with Gasteiger partial charge in [-0.1, -0.05) is 13.8 Å². The highest BCUT2D eigenvalue weighted by atomic mass is 16.5. The molecule has 1 fully saturated rings. The van der Waals surface area contributed by atoms with E-state index in [0.29, 0.717) is 18.4 Å². The summed E-state index contributed by atoms with van der Waals surface area (Å²) in [5.41, 5.74) is 5.65. The molecule has 17 heavy (non-hydrogen) atoms. The highest BCUT2D eigenvalue weighted by molar-refractivity contribution is 5.79. The molecule has 0 bridgehead atoms. The molecule has 3 N–H and O–H groups in total. The molecule has 4 nitrogen and oxygen atoms in total. The maximum absolute atomic E-state index is 12.0. The van der Waals surface area contributed by atoms with Gasteiger partial charge in [-0.05, 0) is 31.6 Å². The summed E-state index contributed by atoms with van der Waals surface area (Å²) in [6, 6.07) is 0.221. The van der Waals surface area contributed by atoms with Gasteiger partial charge >= 0.3 is 0 Å². The topological polar surface area (TPSA) is 64.4 Å². The van der Waals surface area contributed by atoms with Crippen LogP contribution in [0.5, 0.6) is 0 Å². The predicted octanol–water partition coefficient (Wildman–Crippen LogP) is 1.15. The van der Waals surface area contributed by atoms with E-state index in [0.717, 1.165) is 26.1 Å². The number of nitrogens with one attached hydrogen (secondary N) is 1. The number of carbonyl (C=O) groups is 1. The van der Waals surface area contributed by atoms with Crippen LogP contribution < -0.4 is 11.1 Å². The van der Waals surface area contributed by atoms with Gasteiger partial charge < -0.3 is 15.8 Å². The average molecular weight is 242 g/mol. The Balaban J connectivity index is 2.43. The average Bonchev–Trinajstić information content (AvgIpc) is 2.30. The summed E-state index contributed by atoms with van der Waals surface area (Å²) in [5, 5.41) is 3.11. The monoisotopic (exact) mass is 242 g/mol. The smallest absolute Gasteiger partial charge is 0.224 e. The lowest BCUT2D eigenvalue weighted by Gasteiger charge is -2.30. The van der Waals surface area contributed by atoms with E-state index in [2.05, 4.69) is 12.2 Å². The normalized spacial score (nSPS) is 21.2. The van der Waals surface area contributed by atoms with Gasteiger partial charge in [-0.2, -0.15) is 0 Å². The maximum atomic E-state index is 12.0. The fraction of sp³-hybridized carbons (Fsp3) is 0.923. The van der Waals surface area contributed by atoms with Crippen LogP contribution in [-0.4, -0.2) is 31.7 Å². The lowest BCUT2D eigenvalue weighted by molar-refractivity contribution is -0.127. The second-order valence-corrected chi connectivity index (χ2v) is 5.33. The van der Waals surface area contributed by atoms with Crippen LogP contribution in [0.2, 0.25) is 0 Å². The third-order valence-electron chi connectivity index (χ3n) is 3.74. The zero-order valence-corrected chi connectivity index (χ0v) is 11.2. The molecule has 2 unspecified atom stereocenters. The van der Waals surface area contributed by atoms with Crippen molar-refractivity contribution in [1.29, 1.82) is 0 Å². The molecule has 0 spiro atoms. The highest BCUT2D eigenvalue weighted by Gasteiger charge is 2.26. The molecule has 0 aliphatic carbocycles. The molecule has 1 heterocycles. The largest absolute Gasteiger partial charge is 0.381 e. The quantitative estimate of drug-likeness (QED) is 0.760. The summed E-state index contributed by atoms with van der Waals surface area (Å²) in [7, 11) is 0. The summed E-state index contributed by atoms with van der Waals surface area (Å²) in [6.07, 6.45) is 2.08. The van der Waals surface area contributed by atoms with Crippen LogP contribution in [0.4, 0.5) is 0 Å². The van der Waals surface area contributed by atoms with Crippen LogP contribution in [-0.2, 0) is 9.53 Å². The van der Waals surface area contributed by atoms with Crippen LogP contribution in [0.3, 0.4) is 0 Å². The van der Waals surface area contributed by atoms with Crippen molar-refractivity contribution in [2.75, 3.05) is 19.8 Å². The maximum Gasteiger partial charge on any atom is 0.224 e. The second-order valence-electron chi connectivity index (χ2n) is 5.33. The van der Waals surface area contributed by atoms with E-state index in [1.807, 2.05) is 13.8 Å². The molecule has 0 saturated carbocycles. The zero-order valence-electron chi connectivity index (χ0n) is 11.2. The number of amides is 1. The van der Waals surface area contributed by atoms with Gasteiger partial charge in [0.15, 0.2) is 0 Å². The van der Waals surface area contributed by atoms with E-state index in [1.165, 1.54) is 0 Å². The molecule has 2 atom stereocenters. The highest BCUT2D eigenvalue weighted by Crippen LogP contribution is 2.19. The SMILES string of the molecule is CC(C)C(CN)C(=O)NC(C)C1CCOCC1. The van der Waals surface area contributed by atoms with E-state index in [9.17, 15) is 4.79 Å². The number of hydrogen-bond acceptors (Lipinski definition) is 3. The molecule has 1 amide bonds. The first kappa shape index (κ1) is 14.5. The standard InChI is InChI=1S/C13H26N2O2/c1-9(2)12(8-14)13(16)15-10(3)11-4-6-17-7-5-11/h9-12H,4-8,14H2,1-3H3,(H,15,16). The fourth-order valence-electron chi connectivity index (χ4n) is 2.35. The van der Waals surface area contributed by atoms with Crippen LogP contribution in [0.1, 0.15) is 33.6 Å². The van der Waals surface area contributed by atoms with Gasteiger partial charge in [0, 0.05) is 25.8 Å².